The number of amides is 2. The summed E-state index contributed by atoms with van der Waals surface area (Å²) in [5.41, 5.74) is 0.589. The minimum Gasteiger partial charge on any atom is -0.494 e. The number of halogens is 2. The molecule has 0 aromatic heterocycles. The van der Waals surface area contributed by atoms with Crippen molar-refractivity contribution in [1.29, 1.82) is 0 Å². The Hall–Kier alpha value is -3.84. The first-order chi connectivity index (χ1) is 20.3. The van der Waals surface area contributed by atoms with Crippen molar-refractivity contribution in [1.82, 2.24) is 10.6 Å². The number of rotatable bonds is 18. The smallest absolute Gasteiger partial charge is 0.341 e. The van der Waals surface area contributed by atoms with Crippen molar-refractivity contribution >= 4 is 52.9 Å². The Kier molecular flexibility index (Phi) is 14.2. The summed E-state index contributed by atoms with van der Waals surface area (Å²) in [5.74, 6) is -5.00. The molecule has 2 aromatic carbocycles. The van der Waals surface area contributed by atoms with E-state index in [-0.39, 0.29) is 34.3 Å². The molecule has 14 heteroatoms. The van der Waals surface area contributed by atoms with Gasteiger partial charge in [0, 0.05) is 21.9 Å². The summed E-state index contributed by atoms with van der Waals surface area (Å²) in [6, 6.07) is 6.19. The van der Waals surface area contributed by atoms with Gasteiger partial charge in [-0.25, -0.2) is 9.18 Å². The first-order valence-corrected chi connectivity index (χ1v) is 14.8. The number of nitrogens with one attached hydrogen (secondary N) is 2. The predicted molar refractivity (Wildman–Crippen MR) is 158 cm³/mol. The third-order valence-electron chi connectivity index (χ3n) is 5.95. The minimum atomic E-state index is -1.39. The number of hydrogen-bond acceptors (Lipinski definition) is 8. The first kappa shape index (κ1) is 35.4. The molecule has 1 unspecified atom stereocenters. The van der Waals surface area contributed by atoms with E-state index < -0.39 is 66.4 Å². The molecule has 0 saturated heterocycles. The minimum absolute atomic E-state index is 0.0575. The van der Waals surface area contributed by atoms with Crippen molar-refractivity contribution in [2.75, 3.05) is 19.0 Å². The predicted octanol–water partition coefficient (Wildman–Crippen LogP) is 3.49. The van der Waals surface area contributed by atoms with Gasteiger partial charge in [-0.05, 0) is 43.2 Å². The van der Waals surface area contributed by atoms with E-state index in [1.165, 1.54) is 36.4 Å². The Morgan fingerprint density at radius 2 is 1.74 bits per heavy atom. The van der Waals surface area contributed by atoms with Crippen LogP contribution in [-0.4, -0.2) is 70.8 Å². The lowest BCUT2D eigenvalue weighted by Gasteiger charge is -2.25. The SMILES string of the molecule is CCOc1ccc(OCC(=O)O)cc1CC(=O)N[C@H](C(=O)NC(CC(=O)O)C(=O)CSCc1c(F)cccc1Cl)C(C)C. The molecule has 2 aromatic rings. The Bertz CT molecular complexity index is 1300. The number of ether oxygens (including phenoxy) is 2. The third kappa shape index (κ3) is 11.8. The van der Waals surface area contributed by atoms with Crippen LogP contribution in [0.15, 0.2) is 36.4 Å². The Morgan fingerprint density at radius 1 is 1.02 bits per heavy atom. The number of benzene rings is 2. The lowest BCUT2D eigenvalue weighted by molar-refractivity contribution is -0.140. The van der Waals surface area contributed by atoms with Crippen molar-refractivity contribution in [3.05, 3.63) is 58.4 Å². The summed E-state index contributed by atoms with van der Waals surface area (Å²) in [6.45, 7) is 4.80. The average Bonchev–Trinajstić information content (AvgIpc) is 2.92. The van der Waals surface area contributed by atoms with Gasteiger partial charge < -0.3 is 30.3 Å². The summed E-state index contributed by atoms with van der Waals surface area (Å²) in [4.78, 5) is 61.4. The molecule has 0 spiro atoms. The standard InChI is InChI=1S/C29H34ClFN2O9S/c1-4-41-24-9-8-18(42-13-27(38)39)10-17(24)11-25(35)33-28(16(2)3)29(40)32-22(12-26(36)37)23(34)15-43-14-19-20(30)6-5-7-21(19)31/h5-10,16,22,28H,4,11-15H2,1-3H3,(H,32,40)(H,33,35)(H,36,37)(H,38,39)/t22?,28-/m0/s1. The van der Waals surface area contributed by atoms with E-state index in [1.54, 1.807) is 20.8 Å². The molecule has 2 amide bonds. The van der Waals surface area contributed by atoms with Gasteiger partial charge in [-0.2, -0.15) is 0 Å². The molecule has 0 aliphatic heterocycles. The number of carbonyl (C=O) groups is 5. The highest BCUT2D eigenvalue weighted by Crippen LogP contribution is 2.26. The molecule has 0 radical (unpaired) electrons. The summed E-state index contributed by atoms with van der Waals surface area (Å²) in [7, 11) is 0. The quantitative estimate of drug-likeness (QED) is 0.189. The number of ketones is 1. The highest BCUT2D eigenvalue weighted by atomic mass is 35.5. The van der Waals surface area contributed by atoms with Gasteiger partial charge >= 0.3 is 11.9 Å². The molecule has 0 aliphatic rings. The Labute approximate surface area is 257 Å². The van der Waals surface area contributed by atoms with Crippen molar-refractivity contribution in [2.45, 2.75) is 51.4 Å². The van der Waals surface area contributed by atoms with Crippen molar-refractivity contribution < 1.29 is 48.0 Å². The molecule has 0 bridgehead atoms. The van der Waals surface area contributed by atoms with Gasteiger partial charge in [-0.1, -0.05) is 31.5 Å². The largest absolute Gasteiger partial charge is 0.494 e. The summed E-state index contributed by atoms with van der Waals surface area (Å²) in [5, 5.41) is 23.4. The number of carboxylic acids is 2. The van der Waals surface area contributed by atoms with Crippen molar-refractivity contribution in [3.8, 4) is 11.5 Å². The average molecular weight is 641 g/mol. The van der Waals surface area contributed by atoms with Crippen LogP contribution >= 0.6 is 23.4 Å². The van der Waals surface area contributed by atoms with Crippen LogP contribution in [0.1, 0.15) is 38.3 Å². The van der Waals surface area contributed by atoms with E-state index in [0.717, 1.165) is 11.8 Å². The van der Waals surface area contributed by atoms with Gasteiger partial charge in [0.2, 0.25) is 11.8 Å². The van der Waals surface area contributed by atoms with Crippen molar-refractivity contribution in [3.63, 3.8) is 0 Å². The number of Topliss-reactive ketones (excluding diaryl/α,β-unsaturated/α-hetero) is 1. The monoisotopic (exact) mass is 640 g/mol. The van der Waals surface area contributed by atoms with Gasteiger partial charge in [-0.15, -0.1) is 11.8 Å². The normalized spacial score (nSPS) is 12.2. The second-order valence-corrected chi connectivity index (χ2v) is 11.1. The van der Waals surface area contributed by atoms with E-state index in [0.29, 0.717) is 17.9 Å². The number of hydrogen-bond donors (Lipinski definition) is 4. The summed E-state index contributed by atoms with van der Waals surface area (Å²) in [6.07, 6.45) is -0.936. The zero-order chi connectivity index (χ0) is 32.1. The second-order valence-electron chi connectivity index (χ2n) is 9.67. The number of carbonyl (C=O) groups excluding carboxylic acids is 3. The van der Waals surface area contributed by atoms with E-state index in [2.05, 4.69) is 10.6 Å². The second kappa shape index (κ2) is 17.3. The first-order valence-electron chi connectivity index (χ1n) is 13.3. The highest BCUT2D eigenvalue weighted by Gasteiger charge is 2.30. The zero-order valence-corrected chi connectivity index (χ0v) is 25.4. The molecule has 2 atom stereocenters. The fourth-order valence-corrected chi connectivity index (χ4v) is 5.17. The van der Waals surface area contributed by atoms with E-state index in [4.69, 9.17) is 26.2 Å². The maximum absolute atomic E-state index is 14.0. The lowest BCUT2D eigenvalue weighted by atomic mass is 10.0. The molecule has 2 rings (SSSR count). The zero-order valence-electron chi connectivity index (χ0n) is 23.9. The fraction of sp³-hybridized carbons (Fsp3) is 0.414. The van der Waals surface area contributed by atoms with Crippen LogP contribution in [-0.2, 0) is 36.1 Å². The molecule has 43 heavy (non-hydrogen) atoms. The Morgan fingerprint density at radius 3 is 2.35 bits per heavy atom. The van der Waals surface area contributed by atoms with Crippen LogP contribution in [0.5, 0.6) is 11.5 Å². The maximum Gasteiger partial charge on any atom is 0.341 e. The fourth-order valence-electron chi connectivity index (χ4n) is 3.86. The van der Waals surface area contributed by atoms with Gasteiger partial charge in [0.05, 0.1) is 31.2 Å². The molecule has 11 nitrogen and oxygen atoms in total. The maximum atomic E-state index is 14.0. The molecule has 4 N–H and O–H groups in total. The Balaban J connectivity index is 2.10. The van der Waals surface area contributed by atoms with Crippen molar-refractivity contribution in [2.24, 2.45) is 5.92 Å². The molecule has 0 saturated carbocycles. The van der Waals surface area contributed by atoms with Crippen LogP contribution in [0, 0.1) is 11.7 Å². The lowest BCUT2D eigenvalue weighted by Crippen LogP contribution is -2.54. The topological polar surface area (TPSA) is 168 Å². The van der Waals surface area contributed by atoms with Crippen LogP contribution in [0.3, 0.4) is 0 Å². The third-order valence-corrected chi connectivity index (χ3v) is 7.28. The molecular formula is C29H34ClFN2O9S. The van der Waals surface area contributed by atoms with Crippen LogP contribution in [0.4, 0.5) is 4.39 Å². The van der Waals surface area contributed by atoms with E-state index in [1.807, 2.05) is 0 Å². The number of thioether (sulfide) groups is 1. The van der Waals surface area contributed by atoms with E-state index in [9.17, 15) is 33.5 Å². The summed E-state index contributed by atoms with van der Waals surface area (Å²) < 4.78 is 24.8. The summed E-state index contributed by atoms with van der Waals surface area (Å²) >= 11 is 7.04. The van der Waals surface area contributed by atoms with Crippen LogP contribution in [0.25, 0.3) is 0 Å². The molecule has 0 heterocycles. The number of aliphatic carboxylic acids is 2. The van der Waals surface area contributed by atoms with Crippen LogP contribution < -0.4 is 20.1 Å². The van der Waals surface area contributed by atoms with Gasteiger partial charge in [0.15, 0.2) is 12.4 Å². The van der Waals surface area contributed by atoms with Gasteiger partial charge in [0.25, 0.3) is 0 Å². The van der Waals surface area contributed by atoms with Gasteiger partial charge in [0.1, 0.15) is 23.4 Å². The molecule has 0 aliphatic carbocycles. The molecular weight excluding hydrogens is 607 g/mol. The van der Waals surface area contributed by atoms with Gasteiger partial charge in [-0.3, -0.25) is 19.2 Å². The van der Waals surface area contributed by atoms with Crippen LogP contribution in [0.2, 0.25) is 5.02 Å². The van der Waals surface area contributed by atoms with E-state index >= 15 is 0 Å². The highest BCUT2D eigenvalue weighted by molar-refractivity contribution is 7.99. The number of carboxylic acid groups (broad SMARTS) is 2. The molecule has 234 valence electrons. The molecule has 0 fully saturated rings.